The lowest BCUT2D eigenvalue weighted by atomic mass is 10.1. The lowest BCUT2D eigenvalue weighted by Gasteiger charge is -2.07. The van der Waals surface area contributed by atoms with Crippen molar-refractivity contribution in [2.24, 2.45) is 5.73 Å². The fraction of sp³-hybridized carbons (Fsp3) is 0.286. The summed E-state index contributed by atoms with van der Waals surface area (Å²) in [6.45, 7) is 3.52. The molecule has 0 aromatic heterocycles. The van der Waals surface area contributed by atoms with Crippen LogP contribution in [0.15, 0.2) is 18.2 Å². The first-order valence-corrected chi connectivity index (χ1v) is 5.86. The maximum Gasteiger partial charge on any atom is 0.243 e. The average molecular weight is 259 g/mol. The molecule has 0 unspecified atom stereocenters. The van der Waals surface area contributed by atoms with Crippen LogP contribution < -0.4 is 16.4 Å². The van der Waals surface area contributed by atoms with E-state index in [1.807, 2.05) is 19.1 Å². The van der Waals surface area contributed by atoms with E-state index in [9.17, 15) is 9.59 Å². The number of hydrogen-bond acceptors (Lipinski definition) is 3. The molecule has 0 aliphatic carbocycles. The number of anilines is 1. The van der Waals surface area contributed by atoms with E-state index in [2.05, 4.69) is 22.5 Å². The Morgan fingerprint density at radius 1 is 1.32 bits per heavy atom. The first-order chi connectivity index (χ1) is 9.01. The Morgan fingerprint density at radius 2 is 2.05 bits per heavy atom. The van der Waals surface area contributed by atoms with Crippen LogP contribution in [-0.2, 0) is 9.59 Å². The first-order valence-electron chi connectivity index (χ1n) is 5.86. The number of benzene rings is 1. The molecule has 0 saturated carbocycles. The predicted molar refractivity (Wildman–Crippen MR) is 74.4 cm³/mol. The summed E-state index contributed by atoms with van der Waals surface area (Å²) in [7, 11) is 0. The Labute approximate surface area is 112 Å². The molecule has 0 bridgehead atoms. The van der Waals surface area contributed by atoms with Gasteiger partial charge in [-0.15, -0.1) is 0 Å². The van der Waals surface area contributed by atoms with Gasteiger partial charge in [0.2, 0.25) is 11.8 Å². The standard InChI is InChI=1S/C14H17N3O2/c1-10-6-12(4-3-5-15)8-13(7-10)17-14(19)9-16-11(2)18/h6-8H,5,9,15H2,1-2H3,(H,16,18)(H,17,19). The van der Waals surface area contributed by atoms with Gasteiger partial charge in [-0.3, -0.25) is 9.59 Å². The number of nitrogens with two attached hydrogens (primary N) is 1. The van der Waals surface area contributed by atoms with Crippen LogP contribution in [0.3, 0.4) is 0 Å². The molecule has 0 spiro atoms. The summed E-state index contributed by atoms with van der Waals surface area (Å²) in [6.07, 6.45) is 0. The van der Waals surface area contributed by atoms with Gasteiger partial charge in [-0.1, -0.05) is 11.8 Å². The van der Waals surface area contributed by atoms with Crippen LogP contribution in [0.25, 0.3) is 0 Å². The maximum atomic E-state index is 11.6. The smallest absolute Gasteiger partial charge is 0.243 e. The Kier molecular flexibility index (Phi) is 5.58. The van der Waals surface area contributed by atoms with Gasteiger partial charge < -0.3 is 16.4 Å². The molecule has 1 rings (SSSR count). The van der Waals surface area contributed by atoms with Gasteiger partial charge in [-0.25, -0.2) is 0 Å². The molecule has 0 saturated heterocycles. The van der Waals surface area contributed by atoms with Crippen LogP contribution in [0.5, 0.6) is 0 Å². The van der Waals surface area contributed by atoms with Gasteiger partial charge in [0, 0.05) is 18.2 Å². The summed E-state index contributed by atoms with van der Waals surface area (Å²) in [5.74, 6) is 5.15. The number of carbonyl (C=O) groups is 2. The third kappa shape index (κ3) is 5.70. The van der Waals surface area contributed by atoms with Gasteiger partial charge in [0.25, 0.3) is 0 Å². The molecule has 5 heteroatoms. The van der Waals surface area contributed by atoms with E-state index in [4.69, 9.17) is 5.73 Å². The van der Waals surface area contributed by atoms with Crippen LogP contribution in [-0.4, -0.2) is 24.9 Å². The van der Waals surface area contributed by atoms with Gasteiger partial charge >= 0.3 is 0 Å². The molecule has 19 heavy (non-hydrogen) atoms. The molecule has 0 atom stereocenters. The quantitative estimate of drug-likeness (QED) is 0.686. The lowest BCUT2D eigenvalue weighted by molar-refractivity contribution is -0.122. The molecular formula is C14H17N3O2. The molecular weight excluding hydrogens is 242 g/mol. The highest BCUT2D eigenvalue weighted by Crippen LogP contribution is 2.13. The molecule has 0 aliphatic heterocycles. The molecule has 0 fully saturated rings. The number of aryl methyl sites for hydroxylation is 1. The van der Waals surface area contributed by atoms with Crippen molar-refractivity contribution in [2.75, 3.05) is 18.4 Å². The second-order valence-corrected chi connectivity index (χ2v) is 4.05. The van der Waals surface area contributed by atoms with Gasteiger partial charge in [0.15, 0.2) is 0 Å². The van der Waals surface area contributed by atoms with Gasteiger partial charge in [-0.2, -0.15) is 0 Å². The van der Waals surface area contributed by atoms with E-state index in [1.165, 1.54) is 6.92 Å². The Morgan fingerprint density at radius 3 is 2.68 bits per heavy atom. The van der Waals surface area contributed by atoms with Crippen molar-refractivity contribution in [3.8, 4) is 11.8 Å². The topological polar surface area (TPSA) is 84.2 Å². The Hall–Kier alpha value is -2.32. The van der Waals surface area contributed by atoms with Crippen molar-refractivity contribution in [3.63, 3.8) is 0 Å². The number of amides is 2. The average Bonchev–Trinajstić information content (AvgIpc) is 2.33. The van der Waals surface area contributed by atoms with Crippen molar-refractivity contribution in [1.29, 1.82) is 0 Å². The highest BCUT2D eigenvalue weighted by molar-refractivity contribution is 5.94. The molecule has 0 aliphatic rings. The summed E-state index contributed by atoms with van der Waals surface area (Å²) in [4.78, 5) is 22.3. The largest absolute Gasteiger partial charge is 0.347 e. The summed E-state index contributed by atoms with van der Waals surface area (Å²) < 4.78 is 0. The third-order valence-corrected chi connectivity index (χ3v) is 2.19. The highest BCUT2D eigenvalue weighted by atomic mass is 16.2. The highest BCUT2D eigenvalue weighted by Gasteiger charge is 2.04. The summed E-state index contributed by atoms with van der Waals surface area (Å²) >= 11 is 0. The van der Waals surface area contributed by atoms with Crippen LogP contribution in [0.4, 0.5) is 5.69 Å². The SMILES string of the molecule is CC(=O)NCC(=O)Nc1cc(C)cc(C#CCN)c1. The number of nitrogens with one attached hydrogen (secondary N) is 2. The maximum absolute atomic E-state index is 11.6. The number of rotatable bonds is 3. The van der Waals surface area contributed by atoms with E-state index in [-0.39, 0.29) is 24.9 Å². The summed E-state index contributed by atoms with van der Waals surface area (Å²) in [5, 5.41) is 5.14. The molecule has 1 aromatic carbocycles. The molecule has 0 heterocycles. The van der Waals surface area contributed by atoms with E-state index in [1.54, 1.807) is 6.07 Å². The van der Waals surface area contributed by atoms with Crippen molar-refractivity contribution >= 4 is 17.5 Å². The minimum atomic E-state index is -0.279. The second kappa shape index (κ2) is 7.19. The van der Waals surface area contributed by atoms with Crippen molar-refractivity contribution in [3.05, 3.63) is 29.3 Å². The lowest BCUT2D eigenvalue weighted by Crippen LogP contribution is -2.31. The zero-order valence-corrected chi connectivity index (χ0v) is 11.0. The third-order valence-electron chi connectivity index (χ3n) is 2.19. The van der Waals surface area contributed by atoms with Crippen LogP contribution >= 0.6 is 0 Å². The van der Waals surface area contributed by atoms with Crippen LogP contribution in [0, 0.1) is 18.8 Å². The van der Waals surface area contributed by atoms with Crippen molar-refractivity contribution in [1.82, 2.24) is 5.32 Å². The number of carbonyl (C=O) groups excluding carboxylic acids is 2. The molecule has 1 aromatic rings. The fourth-order valence-corrected chi connectivity index (χ4v) is 1.49. The zero-order valence-electron chi connectivity index (χ0n) is 11.0. The number of hydrogen-bond donors (Lipinski definition) is 3. The van der Waals surface area contributed by atoms with E-state index in [0.717, 1.165) is 11.1 Å². The van der Waals surface area contributed by atoms with E-state index >= 15 is 0 Å². The van der Waals surface area contributed by atoms with E-state index < -0.39 is 0 Å². The monoisotopic (exact) mass is 259 g/mol. The summed E-state index contributed by atoms with van der Waals surface area (Å²) in [6, 6.07) is 5.51. The van der Waals surface area contributed by atoms with Crippen molar-refractivity contribution in [2.45, 2.75) is 13.8 Å². The van der Waals surface area contributed by atoms with Gasteiger partial charge in [0.05, 0.1) is 13.1 Å². The minimum Gasteiger partial charge on any atom is -0.347 e. The fourth-order valence-electron chi connectivity index (χ4n) is 1.49. The van der Waals surface area contributed by atoms with Gasteiger partial charge in [0.1, 0.15) is 0 Å². The van der Waals surface area contributed by atoms with E-state index in [0.29, 0.717) is 5.69 Å². The first kappa shape index (κ1) is 14.7. The molecule has 5 nitrogen and oxygen atoms in total. The molecule has 100 valence electrons. The van der Waals surface area contributed by atoms with Crippen LogP contribution in [0.1, 0.15) is 18.1 Å². The normalized spacial score (nSPS) is 9.21. The van der Waals surface area contributed by atoms with Crippen molar-refractivity contribution < 1.29 is 9.59 Å². The zero-order chi connectivity index (χ0) is 14.3. The van der Waals surface area contributed by atoms with Gasteiger partial charge in [-0.05, 0) is 30.7 Å². The minimum absolute atomic E-state index is 0.0485. The Bertz CT molecular complexity index is 541. The predicted octanol–water partition coefficient (Wildman–Crippen LogP) is 0.380. The Balaban J connectivity index is 2.75. The molecule has 2 amide bonds. The molecule has 0 radical (unpaired) electrons. The summed E-state index contributed by atoms with van der Waals surface area (Å²) in [5.41, 5.74) is 7.74. The van der Waals surface area contributed by atoms with Crippen LogP contribution in [0.2, 0.25) is 0 Å². The second-order valence-electron chi connectivity index (χ2n) is 4.05. The molecule has 4 N–H and O–H groups in total.